The molecule has 0 spiro atoms. The van der Waals surface area contributed by atoms with Gasteiger partial charge >= 0.3 is 0 Å². The number of rotatable bonds is 3. The lowest BCUT2D eigenvalue weighted by Crippen LogP contribution is -2.90. The summed E-state index contributed by atoms with van der Waals surface area (Å²) in [5.74, 6) is -0.636. The van der Waals surface area contributed by atoms with Gasteiger partial charge in [-0.1, -0.05) is 17.8 Å². The van der Waals surface area contributed by atoms with Gasteiger partial charge in [0.1, 0.15) is 12.0 Å². The van der Waals surface area contributed by atoms with E-state index >= 15 is 0 Å². The van der Waals surface area contributed by atoms with E-state index in [1.807, 2.05) is 6.92 Å². The second-order valence-corrected chi connectivity index (χ2v) is 5.34. The maximum Gasteiger partial charge on any atom is 0.269 e. The molecule has 0 aromatic heterocycles. The normalized spacial score (nSPS) is 22.9. The number of non-ortho nitro benzene ring substituents is 1. The van der Waals surface area contributed by atoms with Crippen LogP contribution in [0.15, 0.2) is 18.2 Å². The first kappa shape index (κ1) is 12.8. The fourth-order valence-corrected chi connectivity index (χ4v) is 3.31. The summed E-state index contributed by atoms with van der Waals surface area (Å²) in [4.78, 5) is 21.1. The van der Waals surface area contributed by atoms with Gasteiger partial charge in [0.2, 0.25) is 0 Å². The highest BCUT2D eigenvalue weighted by Gasteiger charge is 2.32. The van der Waals surface area contributed by atoms with Crippen LogP contribution in [0.4, 0.5) is 5.69 Å². The van der Waals surface area contributed by atoms with Crippen LogP contribution in [0.2, 0.25) is 0 Å². The van der Waals surface area contributed by atoms with E-state index in [9.17, 15) is 20.0 Å². The van der Waals surface area contributed by atoms with Gasteiger partial charge in [-0.3, -0.25) is 10.1 Å². The molecular weight excluding hydrogens is 256 g/mol. The summed E-state index contributed by atoms with van der Waals surface area (Å²) in [5, 5.41) is 23.1. The van der Waals surface area contributed by atoms with Gasteiger partial charge in [-0.25, -0.2) is 0 Å². The average molecular weight is 268 g/mol. The summed E-state index contributed by atoms with van der Waals surface area (Å²) < 4.78 is 0. The molecule has 7 heteroatoms. The molecular formula is C11H12N2O4S. The number of carbonyl (C=O) groups excluding carboxylic acids is 1. The zero-order valence-electron chi connectivity index (χ0n) is 9.66. The lowest BCUT2D eigenvalue weighted by molar-refractivity contribution is -0.690. The Kier molecular flexibility index (Phi) is 3.53. The second-order valence-electron chi connectivity index (χ2n) is 4.17. The number of hydrogen-bond acceptors (Lipinski definition) is 5. The molecule has 2 N–H and O–H groups in total. The number of nitro benzene ring substituents is 1. The number of carbonyl (C=O) groups is 1. The minimum atomic E-state index is -1.09. The molecule has 1 aromatic rings. The summed E-state index contributed by atoms with van der Waals surface area (Å²) in [7, 11) is 0. The number of quaternary nitrogens is 1. The van der Waals surface area contributed by atoms with Crippen LogP contribution in [-0.4, -0.2) is 22.7 Å². The maximum atomic E-state index is 10.8. The molecule has 6 nitrogen and oxygen atoms in total. The van der Waals surface area contributed by atoms with E-state index < -0.39 is 16.9 Å². The second kappa shape index (κ2) is 4.95. The molecule has 2 rings (SSSR count). The number of nitrogens with zero attached hydrogens (tertiary/aromatic N) is 1. The molecule has 1 fully saturated rings. The van der Waals surface area contributed by atoms with Gasteiger partial charge in [-0.15, -0.1) is 0 Å². The van der Waals surface area contributed by atoms with E-state index in [1.54, 1.807) is 11.4 Å². The molecule has 1 saturated heterocycles. The topological polar surface area (TPSA) is 99.9 Å². The van der Waals surface area contributed by atoms with Crippen molar-refractivity contribution in [3.05, 3.63) is 39.4 Å². The Labute approximate surface area is 108 Å². The molecule has 18 heavy (non-hydrogen) atoms. The van der Waals surface area contributed by atoms with E-state index in [0.29, 0.717) is 5.75 Å². The summed E-state index contributed by atoms with van der Waals surface area (Å²) in [5.41, 5.74) is 1.76. The van der Waals surface area contributed by atoms with Crippen LogP contribution >= 0.6 is 11.8 Å². The number of thioether (sulfide) groups is 1. The number of aryl methyl sites for hydroxylation is 1. The van der Waals surface area contributed by atoms with E-state index in [1.165, 1.54) is 23.9 Å². The van der Waals surface area contributed by atoms with Crippen LogP contribution in [0.3, 0.4) is 0 Å². The van der Waals surface area contributed by atoms with Crippen molar-refractivity contribution in [2.24, 2.45) is 0 Å². The van der Waals surface area contributed by atoms with Gasteiger partial charge in [-0.2, -0.15) is 0 Å². The van der Waals surface area contributed by atoms with E-state index in [2.05, 4.69) is 0 Å². The van der Waals surface area contributed by atoms with Gasteiger partial charge in [0.25, 0.3) is 5.69 Å². The largest absolute Gasteiger partial charge is 0.544 e. The molecule has 0 amide bonds. The van der Waals surface area contributed by atoms with Crippen LogP contribution < -0.4 is 10.4 Å². The zero-order valence-corrected chi connectivity index (χ0v) is 10.5. The standard InChI is InChI=1S/C11H12N2O4S/c1-6-2-3-7(13(16)17)4-8(6)10-12-9(5-18-10)11(14)15/h2-4,9-10,12H,5H2,1H3,(H,14,15)/t9-,10-/m1/s1. The van der Waals surface area contributed by atoms with E-state index in [-0.39, 0.29) is 11.1 Å². The Morgan fingerprint density at radius 1 is 1.56 bits per heavy atom. The first-order chi connectivity index (χ1) is 8.49. The number of carboxylic acids is 1. The Hall–Kier alpha value is -1.60. The molecule has 1 aromatic carbocycles. The first-order valence-electron chi connectivity index (χ1n) is 5.41. The number of aliphatic carboxylic acids is 1. The molecule has 2 atom stereocenters. The zero-order chi connectivity index (χ0) is 13.3. The van der Waals surface area contributed by atoms with Gasteiger partial charge in [0.15, 0.2) is 5.37 Å². The number of hydrogen-bond donors (Lipinski definition) is 1. The van der Waals surface area contributed by atoms with Crippen LogP contribution in [0, 0.1) is 17.0 Å². The number of benzene rings is 1. The number of carboxylic acid groups (broad SMARTS) is 1. The lowest BCUT2D eigenvalue weighted by Gasteiger charge is -2.12. The van der Waals surface area contributed by atoms with Crippen molar-refractivity contribution in [2.75, 3.05) is 5.75 Å². The minimum Gasteiger partial charge on any atom is -0.544 e. The van der Waals surface area contributed by atoms with Crippen LogP contribution in [0.25, 0.3) is 0 Å². The third-order valence-corrected chi connectivity index (χ3v) is 4.27. The molecule has 1 aliphatic rings. The van der Waals surface area contributed by atoms with Crippen LogP contribution in [-0.2, 0) is 4.79 Å². The van der Waals surface area contributed by atoms with Crippen molar-refractivity contribution < 1.29 is 20.1 Å². The molecule has 1 heterocycles. The third kappa shape index (κ3) is 2.46. The predicted octanol–water partition coefficient (Wildman–Crippen LogP) is -0.669. The van der Waals surface area contributed by atoms with Gasteiger partial charge in [0.05, 0.1) is 10.7 Å². The Morgan fingerprint density at radius 3 is 2.83 bits per heavy atom. The van der Waals surface area contributed by atoms with E-state index in [0.717, 1.165) is 11.1 Å². The summed E-state index contributed by atoms with van der Waals surface area (Å²) in [6.07, 6.45) is 0. The fraction of sp³-hybridized carbons (Fsp3) is 0.364. The van der Waals surface area contributed by atoms with Crippen LogP contribution in [0.1, 0.15) is 16.5 Å². The smallest absolute Gasteiger partial charge is 0.269 e. The summed E-state index contributed by atoms with van der Waals surface area (Å²) in [6.45, 7) is 1.86. The first-order valence-corrected chi connectivity index (χ1v) is 6.46. The predicted molar refractivity (Wildman–Crippen MR) is 63.8 cm³/mol. The summed E-state index contributed by atoms with van der Waals surface area (Å²) in [6, 6.07) is 4.07. The Morgan fingerprint density at radius 2 is 2.28 bits per heavy atom. The average Bonchev–Trinajstić information content (AvgIpc) is 2.78. The van der Waals surface area contributed by atoms with Gasteiger partial charge in [-0.05, 0) is 12.5 Å². The minimum absolute atomic E-state index is 0.0292. The van der Waals surface area contributed by atoms with Crippen molar-refractivity contribution in [3.8, 4) is 0 Å². The highest BCUT2D eigenvalue weighted by Crippen LogP contribution is 2.31. The van der Waals surface area contributed by atoms with Crippen LogP contribution in [0.5, 0.6) is 0 Å². The number of nitro groups is 1. The SMILES string of the molecule is Cc1ccc([N+](=O)[O-])cc1[C@@H]1[NH2+][C@@H](C(=O)[O-])CS1. The molecule has 0 radical (unpaired) electrons. The maximum absolute atomic E-state index is 10.8. The van der Waals surface area contributed by atoms with Crippen molar-refractivity contribution >= 4 is 23.4 Å². The van der Waals surface area contributed by atoms with Crippen molar-refractivity contribution in [3.63, 3.8) is 0 Å². The number of nitrogens with two attached hydrogens (primary N) is 1. The quantitative estimate of drug-likeness (QED) is 0.579. The van der Waals surface area contributed by atoms with Crippen molar-refractivity contribution in [1.82, 2.24) is 0 Å². The Bertz CT molecular complexity index is 506. The van der Waals surface area contributed by atoms with Crippen molar-refractivity contribution in [1.29, 1.82) is 0 Å². The molecule has 0 saturated carbocycles. The fourth-order valence-electron chi connectivity index (χ4n) is 1.92. The third-order valence-electron chi connectivity index (χ3n) is 2.95. The van der Waals surface area contributed by atoms with Crippen molar-refractivity contribution in [2.45, 2.75) is 18.3 Å². The Balaban J connectivity index is 2.26. The van der Waals surface area contributed by atoms with Gasteiger partial charge < -0.3 is 15.2 Å². The molecule has 1 aliphatic heterocycles. The molecule has 0 bridgehead atoms. The molecule has 96 valence electrons. The highest BCUT2D eigenvalue weighted by atomic mass is 32.2. The highest BCUT2D eigenvalue weighted by molar-refractivity contribution is 7.99. The van der Waals surface area contributed by atoms with E-state index in [4.69, 9.17) is 0 Å². The summed E-state index contributed by atoms with van der Waals surface area (Å²) >= 11 is 1.47. The van der Waals surface area contributed by atoms with Gasteiger partial charge in [0, 0.05) is 17.7 Å². The lowest BCUT2D eigenvalue weighted by atomic mass is 10.1. The molecule has 0 aliphatic carbocycles. The molecule has 0 unspecified atom stereocenters. The monoisotopic (exact) mass is 268 g/mol.